The Balaban J connectivity index is 0.752. The lowest BCUT2D eigenvalue weighted by Crippen LogP contribution is -2.43. The van der Waals surface area contributed by atoms with Gasteiger partial charge in [-0.2, -0.15) is 0 Å². The van der Waals surface area contributed by atoms with Gasteiger partial charge in [-0.25, -0.2) is 0 Å². The van der Waals surface area contributed by atoms with Crippen molar-refractivity contribution < 1.29 is 4.74 Å². The molecular weight excluding hydrogens is 1110 g/mol. The van der Waals surface area contributed by atoms with E-state index < -0.39 is 10.8 Å². The molecule has 0 aromatic heterocycles. The van der Waals surface area contributed by atoms with Gasteiger partial charge in [0.15, 0.2) is 0 Å². The first kappa shape index (κ1) is 55.2. The highest BCUT2D eigenvalue weighted by molar-refractivity contribution is 5.94. The molecule has 17 rings (SSSR count). The third-order valence-electron chi connectivity index (χ3n) is 20.6. The summed E-state index contributed by atoms with van der Waals surface area (Å²) in [6.45, 7) is 6.14. The second kappa shape index (κ2) is 22.3. The third-order valence-corrected chi connectivity index (χ3v) is 20.6. The summed E-state index contributed by atoms with van der Waals surface area (Å²) >= 11 is 0. The van der Waals surface area contributed by atoms with Crippen LogP contribution in [0.5, 0.6) is 0 Å². The van der Waals surface area contributed by atoms with Crippen molar-refractivity contribution in [2.45, 2.75) is 37.5 Å². The van der Waals surface area contributed by atoms with Crippen LogP contribution in [-0.2, 0) is 22.0 Å². The first-order valence-electron chi connectivity index (χ1n) is 32.5. The van der Waals surface area contributed by atoms with E-state index in [2.05, 4.69) is 351 Å². The van der Waals surface area contributed by atoms with Crippen LogP contribution in [0.2, 0.25) is 0 Å². The van der Waals surface area contributed by atoms with Crippen LogP contribution in [0.25, 0.3) is 54.9 Å². The summed E-state index contributed by atoms with van der Waals surface area (Å²) in [6.07, 6.45) is 2.13. The van der Waals surface area contributed by atoms with Crippen LogP contribution in [0.15, 0.2) is 328 Å². The molecule has 1 saturated heterocycles. The second-order valence-corrected chi connectivity index (χ2v) is 25.7. The zero-order chi connectivity index (χ0) is 61.4. The topological polar surface area (TPSA) is 15.7 Å². The lowest BCUT2D eigenvalue weighted by atomic mass is 9.67. The van der Waals surface area contributed by atoms with Gasteiger partial charge in [-0.15, -0.1) is 0 Å². The van der Waals surface area contributed by atoms with E-state index in [0.717, 1.165) is 71.3 Å². The monoisotopic (exact) mass is 1180 g/mol. The van der Waals surface area contributed by atoms with Crippen LogP contribution >= 0.6 is 0 Å². The van der Waals surface area contributed by atoms with Crippen LogP contribution in [0.1, 0.15) is 69.0 Å². The number of para-hydroxylation sites is 2. The maximum atomic E-state index is 5.79. The fourth-order valence-corrected chi connectivity index (χ4v) is 15.8. The molecule has 3 heteroatoms. The Hall–Kier alpha value is -10.8. The number of hydrogen-bond donors (Lipinski definition) is 0. The Morgan fingerprint density at radius 1 is 0.304 bits per heavy atom. The molecule has 92 heavy (non-hydrogen) atoms. The average Bonchev–Trinajstić information content (AvgIpc) is 1.53. The molecule has 2 unspecified atom stereocenters. The molecule has 1 aliphatic heterocycles. The maximum Gasteiger partial charge on any atom is 0.0714 e. The fraction of sp³-hybridized carbons (Fsp3) is 0.101. The Morgan fingerprint density at radius 3 is 1.11 bits per heavy atom. The van der Waals surface area contributed by atoms with Crippen molar-refractivity contribution in [3.05, 3.63) is 383 Å². The minimum absolute atomic E-state index is 0.213. The summed E-state index contributed by atoms with van der Waals surface area (Å²) in [5, 5.41) is 4.94. The Labute approximate surface area is 539 Å². The Bertz CT molecular complexity index is 5090. The smallest absolute Gasteiger partial charge is 0.0714 e. The SMILES string of the molecule is CCC1(Cc2ccc(C3(c4ccc5ccccc5c4)c4ccccc4-c4ccc(N(c5ccccc5)c5ccc(-c6ccc(N(c7ccccc7)c7ccc8c(c7)C(c7ccc(C)cc7)(c7ccc9ccccc9c7)c7ccccc7-8)cc6)cc5)cc43)cc2)COC1. The van der Waals surface area contributed by atoms with Gasteiger partial charge in [0.2, 0.25) is 0 Å². The van der Waals surface area contributed by atoms with E-state index >= 15 is 0 Å². The zero-order valence-electron chi connectivity index (χ0n) is 51.8. The van der Waals surface area contributed by atoms with Crippen molar-refractivity contribution in [3.8, 4) is 33.4 Å². The lowest BCUT2D eigenvalue weighted by Gasteiger charge is -2.41. The summed E-state index contributed by atoms with van der Waals surface area (Å²) in [6, 6.07) is 123. The molecule has 3 aliphatic rings. The maximum absolute atomic E-state index is 5.79. The van der Waals surface area contributed by atoms with Gasteiger partial charge in [-0.05, 0) is 210 Å². The van der Waals surface area contributed by atoms with E-state index in [0.29, 0.717) is 0 Å². The molecule has 0 amide bonds. The van der Waals surface area contributed by atoms with Crippen LogP contribution < -0.4 is 9.80 Å². The van der Waals surface area contributed by atoms with Crippen LogP contribution in [0.4, 0.5) is 34.1 Å². The minimum Gasteiger partial charge on any atom is -0.380 e. The van der Waals surface area contributed by atoms with Crippen LogP contribution in [-0.4, -0.2) is 13.2 Å². The lowest BCUT2D eigenvalue weighted by molar-refractivity contribution is -0.114. The van der Waals surface area contributed by atoms with E-state index in [1.165, 1.54) is 99.4 Å². The van der Waals surface area contributed by atoms with Gasteiger partial charge < -0.3 is 14.5 Å². The number of rotatable bonds is 14. The average molecular weight is 1180 g/mol. The van der Waals surface area contributed by atoms with Crippen molar-refractivity contribution >= 4 is 55.7 Å². The quantitative estimate of drug-likeness (QED) is 0.108. The molecule has 2 atom stereocenters. The molecule has 0 saturated carbocycles. The summed E-state index contributed by atoms with van der Waals surface area (Å²) in [7, 11) is 0. The van der Waals surface area contributed by atoms with Crippen molar-refractivity contribution in [1.82, 2.24) is 0 Å². The molecule has 440 valence electrons. The number of ether oxygens (including phenoxy) is 1. The van der Waals surface area contributed by atoms with Crippen LogP contribution in [0.3, 0.4) is 0 Å². The third kappa shape index (κ3) is 8.90. The molecule has 2 aliphatic carbocycles. The van der Waals surface area contributed by atoms with Crippen molar-refractivity contribution in [2.75, 3.05) is 23.0 Å². The molecule has 0 bridgehead atoms. The molecule has 0 radical (unpaired) electrons. The largest absolute Gasteiger partial charge is 0.380 e. The number of nitrogens with zero attached hydrogens (tertiary/aromatic N) is 2. The van der Waals surface area contributed by atoms with Gasteiger partial charge in [-0.1, -0.05) is 255 Å². The number of anilines is 6. The van der Waals surface area contributed by atoms with Gasteiger partial charge in [0.25, 0.3) is 0 Å². The van der Waals surface area contributed by atoms with Gasteiger partial charge in [-0.3, -0.25) is 0 Å². The summed E-state index contributed by atoms with van der Waals surface area (Å²) < 4.78 is 5.79. The fourth-order valence-electron chi connectivity index (χ4n) is 15.8. The molecule has 1 fully saturated rings. The van der Waals surface area contributed by atoms with Crippen molar-refractivity contribution in [3.63, 3.8) is 0 Å². The van der Waals surface area contributed by atoms with E-state index in [4.69, 9.17) is 4.74 Å². The molecule has 14 aromatic carbocycles. The molecule has 1 heterocycles. The molecule has 14 aromatic rings. The highest BCUT2D eigenvalue weighted by Crippen LogP contribution is 2.60. The van der Waals surface area contributed by atoms with Gasteiger partial charge in [0, 0.05) is 39.5 Å². The van der Waals surface area contributed by atoms with Gasteiger partial charge in [0.05, 0.1) is 24.0 Å². The first-order chi connectivity index (χ1) is 45.4. The highest BCUT2D eigenvalue weighted by atomic mass is 16.5. The van der Waals surface area contributed by atoms with E-state index in [1.807, 2.05) is 0 Å². The molecular formula is C89H68N2O. The summed E-state index contributed by atoms with van der Waals surface area (Å²) in [4.78, 5) is 4.84. The van der Waals surface area contributed by atoms with Gasteiger partial charge in [0.1, 0.15) is 0 Å². The number of hydrogen-bond acceptors (Lipinski definition) is 3. The standard InChI is InChI=1S/C89H68N2O/c1-3-87(59-92-60-87)58-62-32-42-70(43-33-62)89(72-45-35-64-19-11-13-21-68(64)55-72)84-29-17-15-27-80(84)82-53-51-78(57-86(82)89)91(74-24-8-5-9-25-74)76-48-38-66(39-49-76)65-36-46-75(47-37-65)90(73-22-6-4-7-23-73)77-50-52-81-79-26-14-16-28-83(79)88(85(81)56-77,69-40-30-61(2)31-41-69)71-44-34-63-18-10-12-20-67(63)54-71/h4-57H,3,58-60H2,1-2H3. The number of benzene rings is 14. The van der Waals surface area contributed by atoms with Crippen molar-refractivity contribution in [1.29, 1.82) is 0 Å². The molecule has 0 N–H and O–H groups in total. The van der Waals surface area contributed by atoms with E-state index in [1.54, 1.807) is 0 Å². The highest BCUT2D eigenvalue weighted by Gasteiger charge is 2.48. The first-order valence-corrected chi connectivity index (χ1v) is 32.5. The Kier molecular flexibility index (Phi) is 13.4. The van der Waals surface area contributed by atoms with Crippen molar-refractivity contribution in [2.24, 2.45) is 5.41 Å². The van der Waals surface area contributed by atoms with E-state index in [9.17, 15) is 0 Å². The second-order valence-electron chi connectivity index (χ2n) is 25.7. The van der Waals surface area contributed by atoms with Gasteiger partial charge >= 0.3 is 0 Å². The molecule has 3 nitrogen and oxygen atoms in total. The number of aryl methyl sites for hydroxylation is 1. The van der Waals surface area contributed by atoms with E-state index in [-0.39, 0.29) is 5.41 Å². The normalized spacial score (nSPS) is 16.5. The van der Waals surface area contributed by atoms with Crippen LogP contribution in [0, 0.1) is 12.3 Å². The number of fused-ring (bicyclic) bond motifs is 8. The summed E-state index contributed by atoms with van der Waals surface area (Å²) in [5.74, 6) is 0. The minimum atomic E-state index is -0.600. The Morgan fingerprint density at radius 2 is 0.674 bits per heavy atom. The summed E-state index contributed by atoms with van der Waals surface area (Å²) in [5.41, 5.74) is 25.7. The predicted molar refractivity (Wildman–Crippen MR) is 383 cm³/mol. The zero-order valence-corrected chi connectivity index (χ0v) is 51.8. The predicted octanol–water partition coefficient (Wildman–Crippen LogP) is 22.6. The molecule has 0 spiro atoms.